The molecule has 0 unspecified atom stereocenters. The molecule has 2 aromatic rings. The van der Waals surface area contributed by atoms with Crippen LogP contribution >= 0.6 is 0 Å². The number of rotatable bonds is 6. The smallest absolute Gasteiger partial charge is 0.408 e. The largest absolute Gasteiger partial charge is 0.417 e. The number of ether oxygens (including phenoxy) is 2. The van der Waals surface area contributed by atoms with E-state index in [0.717, 1.165) is 0 Å². The van der Waals surface area contributed by atoms with Crippen LogP contribution in [0.1, 0.15) is 12.0 Å². The Hall–Kier alpha value is -1.72. The molecular formula is C15H20N2O7S. The first-order valence-electron chi connectivity index (χ1n) is 7.87. The van der Waals surface area contributed by atoms with Crippen molar-refractivity contribution in [1.29, 1.82) is 0 Å². The molecule has 3 rings (SSSR count). The number of aliphatic hydroxyl groups excluding tert-OH is 1. The van der Waals surface area contributed by atoms with Gasteiger partial charge in [-0.3, -0.25) is 4.98 Å². The molecule has 0 aliphatic carbocycles. The number of hydrogen-bond donors (Lipinski definition) is 3. The Kier molecular flexibility index (Phi) is 5.25. The molecule has 1 aliphatic rings. The molecule has 138 valence electrons. The van der Waals surface area contributed by atoms with E-state index in [1.807, 2.05) is 0 Å². The zero-order valence-electron chi connectivity index (χ0n) is 13.6. The van der Waals surface area contributed by atoms with Crippen LogP contribution in [0, 0.1) is 6.92 Å². The van der Waals surface area contributed by atoms with Crippen LogP contribution in [0.5, 0.6) is 0 Å². The number of aliphatic hydroxyl groups is 1. The highest BCUT2D eigenvalue weighted by atomic mass is 32.2. The summed E-state index contributed by atoms with van der Waals surface area (Å²) in [7, 11) is -3.88. The van der Waals surface area contributed by atoms with Crippen molar-refractivity contribution < 1.29 is 27.4 Å². The first-order chi connectivity index (χ1) is 11.9. The van der Waals surface area contributed by atoms with Crippen LogP contribution in [0.2, 0.25) is 0 Å². The molecule has 10 heteroatoms. The lowest BCUT2D eigenvalue weighted by atomic mass is 10.1. The maximum atomic E-state index is 12.8. The summed E-state index contributed by atoms with van der Waals surface area (Å²) in [4.78, 5) is 13.8. The van der Waals surface area contributed by atoms with Gasteiger partial charge in [0.05, 0.1) is 42.4 Å². The molecule has 1 fully saturated rings. The summed E-state index contributed by atoms with van der Waals surface area (Å²) in [5, 5.41) is 8.90. The van der Waals surface area contributed by atoms with Gasteiger partial charge in [-0.25, -0.2) is 17.9 Å². The number of hydrogen-bond acceptors (Lipinski definition) is 7. The molecule has 1 aromatic carbocycles. The van der Waals surface area contributed by atoms with Gasteiger partial charge in [-0.15, -0.1) is 0 Å². The van der Waals surface area contributed by atoms with Crippen LogP contribution in [0.15, 0.2) is 26.2 Å². The monoisotopic (exact) mass is 372 g/mol. The highest BCUT2D eigenvalue weighted by Gasteiger charge is 2.31. The van der Waals surface area contributed by atoms with Crippen molar-refractivity contribution in [2.45, 2.75) is 30.4 Å². The van der Waals surface area contributed by atoms with Crippen LogP contribution in [-0.4, -0.2) is 57.1 Å². The van der Waals surface area contributed by atoms with E-state index in [1.165, 1.54) is 6.07 Å². The molecule has 0 radical (unpaired) electrons. The summed E-state index contributed by atoms with van der Waals surface area (Å²) >= 11 is 0. The fraction of sp³-hybridized carbons (Fsp3) is 0.533. The SMILES string of the molecule is Cc1cc2[nH]c(=O)oc2cc1S(=O)(=O)N[C@@H]1COCC[C@@H]1OCCO. The third-order valence-corrected chi connectivity index (χ3v) is 5.66. The molecule has 1 saturated heterocycles. The van der Waals surface area contributed by atoms with Crippen molar-refractivity contribution in [2.24, 2.45) is 0 Å². The average molecular weight is 372 g/mol. The second-order valence-corrected chi connectivity index (χ2v) is 7.54. The number of benzene rings is 1. The standard InChI is InChI=1S/C15H20N2O7S/c1-9-6-10-13(24-15(19)16-10)7-14(9)25(20,21)17-11-8-22-4-2-12(11)23-5-3-18/h6-7,11-12,17-18H,2-5,8H2,1H3,(H,16,19)/t11-,12+/m1/s1. The molecule has 0 saturated carbocycles. The minimum Gasteiger partial charge on any atom is -0.408 e. The number of aromatic nitrogens is 1. The van der Waals surface area contributed by atoms with E-state index in [9.17, 15) is 13.2 Å². The second kappa shape index (κ2) is 7.26. The lowest BCUT2D eigenvalue weighted by Crippen LogP contribution is -2.50. The summed E-state index contributed by atoms with van der Waals surface area (Å²) in [6.07, 6.45) is 0.141. The van der Waals surface area contributed by atoms with Gasteiger partial charge in [-0.2, -0.15) is 0 Å². The second-order valence-electron chi connectivity index (χ2n) is 5.85. The van der Waals surface area contributed by atoms with Crippen LogP contribution in [0.3, 0.4) is 0 Å². The third-order valence-electron chi connectivity index (χ3n) is 4.03. The normalized spacial score (nSPS) is 21.7. The fourth-order valence-corrected chi connectivity index (χ4v) is 4.36. The summed E-state index contributed by atoms with van der Waals surface area (Å²) in [5.41, 5.74) is 1.08. The van der Waals surface area contributed by atoms with Crippen LogP contribution < -0.4 is 10.5 Å². The quantitative estimate of drug-likeness (QED) is 0.644. The zero-order chi connectivity index (χ0) is 18.0. The van der Waals surface area contributed by atoms with Gasteiger partial charge in [-0.05, 0) is 25.0 Å². The maximum Gasteiger partial charge on any atom is 0.417 e. The summed E-state index contributed by atoms with van der Waals surface area (Å²) in [6.45, 7) is 2.27. The lowest BCUT2D eigenvalue weighted by molar-refractivity contribution is -0.0580. The molecule has 9 nitrogen and oxygen atoms in total. The molecule has 3 N–H and O–H groups in total. The third kappa shape index (κ3) is 3.93. The first kappa shape index (κ1) is 18.1. The van der Waals surface area contributed by atoms with Crippen molar-refractivity contribution in [2.75, 3.05) is 26.4 Å². The first-order valence-corrected chi connectivity index (χ1v) is 9.35. The minimum absolute atomic E-state index is 0.0224. The van der Waals surface area contributed by atoms with Gasteiger partial charge in [0, 0.05) is 12.7 Å². The molecular weight excluding hydrogens is 352 g/mol. The summed E-state index contributed by atoms with van der Waals surface area (Å²) in [6, 6.07) is 2.29. The molecule has 1 aliphatic heterocycles. The van der Waals surface area contributed by atoms with E-state index in [1.54, 1.807) is 13.0 Å². The van der Waals surface area contributed by atoms with E-state index in [4.69, 9.17) is 19.0 Å². The predicted molar refractivity (Wildman–Crippen MR) is 87.9 cm³/mol. The lowest BCUT2D eigenvalue weighted by Gasteiger charge is -2.31. The average Bonchev–Trinajstić information content (AvgIpc) is 2.92. The Morgan fingerprint density at radius 1 is 1.44 bits per heavy atom. The number of fused-ring (bicyclic) bond motifs is 1. The zero-order valence-corrected chi connectivity index (χ0v) is 14.5. The van der Waals surface area contributed by atoms with Crippen LogP contribution in [0.4, 0.5) is 0 Å². The number of sulfonamides is 1. The van der Waals surface area contributed by atoms with Gasteiger partial charge in [0.15, 0.2) is 5.58 Å². The fourth-order valence-electron chi connectivity index (χ4n) is 2.87. The number of aryl methyl sites for hydroxylation is 1. The van der Waals surface area contributed by atoms with E-state index in [0.29, 0.717) is 24.1 Å². The predicted octanol–water partition coefficient (Wildman–Crippen LogP) is -0.126. The van der Waals surface area contributed by atoms with Crippen molar-refractivity contribution in [3.05, 3.63) is 28.2 Å². The van der Waals surface area contributed by atoms with Gasteiger partial charge in [0.25, 0.3) is 0 Å². The Bertz CT molecular complexity index is 902. The molecule has 0 bridgehead atoms. The highest BCUT2D eigenvalue weighted by Crippen LogP contribution is 2.23. The highest BCUT2D eigenvalue weighted by molar-refractivity contribution is 7.89. The van der Waals surface area contributed by atoms with Gasteiger partial charge in [-0.1, -0.05) is 0 Å². The Labute approximate surface area is 144 Å². The van der Waals surface area contributed by atoms with E-state index >= 15 is 0 Å². The minimum atomic E-state index is -3.88. The van der Waals surface area contributed by atoms with Crippen molar-refractivity contribution in [3.8, 4) is 0 Å². The Morgan fingerprint density at radius 2 is 2.24 bits per heavy atom. The van der Waals surface area contributed by atoms with Gasteiger partial charge in [0.1, 0.15) is 0 Å². The summed E-state index contributed by atoms with van der Waals surface area (Å²) < 4.78 is 44.0. The molecule has 2 heterocycles. The maximum absolute atomic E-state index is 12.8. The molecule has 2 atom stereocenters. The molecule has 25 heavy (non-hydrogen) atoms. The number of H-pyrrole nitrogens is 1. The van der Waals surface area contributed by atoms with Crippen LogP contribution in [0.25, 0.3) is 11.1 Å². The molecule has 0 spiro atoms. The molecule has 0 amide bonds. The van der Waals surface area contributed by atoms with Gasteiger partial charge < -0.3 is 19.0 Å². The van der Waals surface area contributed by atoms with Crippen LogP contribution in [-0.2, 0) is 19.5 Å². The van der Waals surface area contributed by atoms with Gasteiger partial charge >= 0.3 is 5.76 Å². The van der Waals surface area contributed by atoms with E-state index in [-0.39, 0.29) is 36.4 Å². The van der Waals surface area contributed by atoms with Gasteiger partial charge in [0.2, 0.25) is 10.0 Å². The van der Waals surface area contributed by atoms with E-state index < -0.39 is 21.8 Å². The number of aromatic amines is 1. The number of nitrogens with one attached hydrogen (secondary N) is 2. The molecule has 1 aromatic heterocycles. The topological polar surface area (TPSA) is 131 Å². The number of oxazole rings is 1. The van der Waals surface area contributed by atoms with Crippen molar-refractivity contribution in [3.63, 3.8) is 0 Å². The Morgan fingerprint density at radius 3 is 3.00 bits per heavy atom. The van der Waals surface area contributed by atoms with Crippen molar-refractivity contribution in [1.82, 2.24) is 9.71 Å². The van der Waals surface area contributed by atoms with Crippen molar-refractivity contribution >= 4 is 21.1 Å². The summed E-state index contributed by atoms with van der Waals surface area (Å²) in [5.74, 6) is -0.643. The van der Waals surface area contributed by atoms with E-state index in [2.05, 4.69) is 9.71 Å². The Balaban J connectivity index is 1.87.